The van der Waals surface area contributed by atoms with Crippen molar-refractivity contribution in [2.75, 3.05) is 6.61 Å². The number of alkyl halides is 2. The monoisotopic (exact) mass is 543 g/mol. The summed E-state index contributed by atoms with van der Waals surface area (Å²) in [4.78, 5) is 37.6. The van der Waals surface area contributed by atoms with Crippen molar-refractivity contribution in [3.05, 3.63) is 33.1 Å². The Balaban J connectivity index is 2.23. The summed E-state index contributed by atoms with van der Waals surface area (Å²) < 4.78 is 51.0. The van der Waals surface area contributed by atoms with Gasteiger partial charge in [0.2, 0.25) is 5.85 Å². The number of esters is 1. The second-order valence-electron chi connectivity index (χ2n) is 9.00. The van der Waals surface area contributed by atoms with Crippen LogP contribution in [0.5, 0.6) is 0 Å². The molecule has 3 N–H and O–H groups in total. The molecule has 2 unspecified atom stereocenters. The third-order valence-electron chi connectivity index (χ3n) is 5.04. The number of nitrogens with one attached hydrogen (secondary N) is 2. The molecule has 0 aliphatic carbocycles. The fourth-order valence-electron chi connectivity index (χ4n) is 3.25. The molecule has 1 aromatic heterocycles. The quantitative estimate of drug-likeness (QED) is 0.214. The van der Waals surface area contributed by atoms with Crippen molar-refractivity contribution >= 4 is 25.3 Å². The third-order valence-corrected chi connectivity index (χ3v) is 7.18. The molecule has 35 heavy (non-hydrogen) atoms. The summed E-state index contributed by atoms with van der Waals surface area (Å²) in [6.07, 6.45) is -2.43. The van der Waals surface area contributed by atoms with Gasteiger partial charge in [-0.1, -0.05) is 0 Å². The lowest BCUT2D eigenvalue weighted by Crippen LogP contribution is -2.40. The van der Waals surface area contributed by atoms with E-state index in [1.54, 1.807) is 20.8 Å². The van der Waals surface area contributed by atoms with E-state index < -0.39 is 79.3 Å². The highest BCUT2D eigenvalue weighted by atomic mass is 35.5. The topological polar surface area (TPSA) is 158 Å². The predicted octanol–water partition coefficient (Wildman–Crippen LogP) is 1.96. The SMILES string of the molecule is CC(C)OC(=O)[C@H](C)NP(=O)(OC[C@]1(F)C[C@@](C)(O)[C@H](n2ccc(=O)[nH]c2=O)O1)O[C@H](C)C(C)Cl. The molecule has 1 aliphatic rings. The number of H-pyrrole nitrogens is 1. The van der Waals surface area contributed by atoms with Gasteiger partial charge in [-0.05, 0) is 41.5 Å². The van der Waals surface area contributed by atoms with Crippen molar-refractivity contribution in [3.63, 3.8) is 0 Å². The fraction of sp³-hybridized carbons (Fsp3) is 0.750. The standard InChI is InChI=1S/C20H32ClFN3O9P/c1-11(2)32-16(27)13(4)24-35(30,34-14(5)12(3)21)31-10-20(22)9-19(6,29)17(33-20)25-8-7-15(26)23-18(25)28/h7-8,11-14,17,29H,9-10H2,1-6H3,(H,24,30)(H,23,26,28)/t12?,13-,14+,17+,19+,20-,35?/m0/s1. The second-order valence-corrected chi connectivity index (χ2v) is 11.4. The molecule has 12 nitrogen and oxygen atoms in total. The second kappa shape index (κ2) is 11.2. The first-order chi connectivity index (χ1) is 16.0. The lowest BCUT2D eigenvalue weighted by molar-refractivity contribution is -0.183. The number of rotatable bonds is 11. The summed E-state index contributed by atoms with van der Waals surface area (Å²) in [6, 6.07) is -0.148. The van der Waals surface area contributed by atoms with E-state index in [0.29, 0.717) is 0 Å². The zero-order valence-electron chi connectivity index (χ0n) is 20.3. The van der Waals surface area contributed by atoms with Crippen LogP contribution in [0.15, 0.2) is 21.9 Å². The number of aromatic nitrogens is 2. The van der Waals surface area contributed by atoms with Crippen molar-refractivity contribution < 1.29 is 37.4 Å². The molecule has 15 heteroatoms. The Morgan fingerprint density at radius 3 is 2.57 bits per heavy atom. The minimum Gasteiger partial charge on any atom is -0.462 e. The van der Waals surface area contributed by atoms with Gasteiger partial charge >= 0.3 is 19.4 Å². The molecule has 200 valence electrons. The van der Waals surface area contributed by atoms with Gasteiger partial charge in [0.25, 0.3) is 5.56 Å². The fourth-order valence-corrected chi connectivity index (χ4v) is 5.13. The van der Waals surface area contributed by atoms with Gasteiger partial charge in [0.1, 0.15) is 18.2 Å². The van der Waals surface area contributed by atoms with Crippen LogP contribution in [0.1, 0.15) is 54.2 Å². The Kier molecular flexibility index (Phi) is 9.48. The molecule has 2 heterocycles. The van der Waals surface area contributed by atoms with Crippen LogP contribution >= 0.6 is 19.3 Å². The van der Waals surface area contributed by atoms with Crippen molar-refractivity contribution in [2.45, 2.75) is 89.3 Å². The Morgan fingerprint density at radius 1 is 1.40 bits per heavy atom. The van der Waals surface area contributed by atoms with Crippen LogP contribution in [0.3, 0.4) is 0 Å². The highest BCUT2D eigenvalue weighted by Gasteiger charge is 2.56. The number of nitrogens with zero attached hydrogens (tertiary/aromatic N) is 1. The molecule has 7 atom stereocenters. The molecule has 0 bridgehead atoms. The molecule has 1 saturated heterocycles. The lowest BCUT2D eigenvalue weighted by atomic mass is 9.99. The van der Waals surface area contributed by atoms with E-state index in [2.05, 4.69) is 5.09 Å². The molecule has 1 aromatic rings. The van der Waals surface area contributed by atoms with E-state index in [0.717, 1.165) is 16.8 Å². The Morgan fingerprint density at radius 2 is 2.03 bits per heavy atom. The first kappa shape index (κ1) is 29.6. The average molecular weight is 544 g/mol. The number of carbonyl (C=O) groups excluding carboxylic acids is 1. The normalized spacial score (nSPS) is 28.9. The van der Waals surface area contributed by atoms with E-state index >= 15 is 4.39 Å². The predicted molar refractivity (Wildman–Crippen MR) is 124 cm³/mol. The van der Waals surface area contributed by atoms with E-state index in [1.165, 1.54) is 20.8 Å². The summed E-state index contributed by atoms with van der Waals surface area (Å²) in [5, 5.41) is 12.5. The van der Waals surface area contributed by atoms with Gasteiger partial charge in [0.05, 0.1) is 17.6 Å². The molecule has 2 rings (SSSR count). The number of ether oxygens (including phenoxy) is 2. The molecular formula is C20H32ClFN3O9P. The Labute approximate surface area is 206 Å². The minimum absolute atomic E-state index is 0.439. The number of hydrogen-bond acceptors (Lipinski definition) is 9. The smallest absolute Gasteiger partial charge is 0.406 e. The van der Waals surface area contributed by atoms with Crippen LogP contribution in [0.4, 0.5) is 4.39 Å². The largest absolute Gasteiger partial charge is 0.462 e. The maximum Gasteiger partial charge on any atom is 0.406 e. The maximum atomic E-state index is 15.6. The van der Waals surface area contributed by atoms with E-state index in [-0.39, 0.29) is 0 Å². The van der Waals surface area contributed by atoms with Crippen LogP contribution in [0.2, 0.25) is 0 Å². The summed E-state index contributed by atoms with van der Waals surface area (Å²) in [5.74, 6) is -3.46. The molecule has 0 aromatic carbocycles. The average Bonchev–Trinajstić information content (AvgIpc) is 2.95. The summed E-state index contributed by atoms with van der Waals surface area (Å²) in [6.45, 7) is 7.94. The number of aromatic amines is 1. The molecule has 1 aliphatic heterocycles. The van der Waals surface area contributed by atoms with Crippen molar-refractivity contribution in [1.82, 2.24) is 14.6 Å². The first-order valence-electron chi connectivity index (χ1n) is 10.9. The van der Waals surface area contributed by atoms with Gasteiger partial charge in [0.15, 0.2) is 6.23 Å². The molecule has 0 radical (unpaired) electrons. The molecule has 0 saturated carbocycles. The van der Waals surface area contributed by atoms with Crippen LogP contribution < -0.4 is 16.3 Å². The zero-order chi connectivity index (χ0) is 26.8. The van der Waals surface area contributed by atoms with Gasteiger partial charge in [-0.15, -0.1) is 11.6 Å². The van der Waals surface area contributed by atoms with Gasteiger partial charge in [0, 0.05) is 18.7 Å². The molecular weight excluding hydrogens is 512 g/mol. The van der Waals surface area contributed by atoms with Crippen molar-refractivity contribution in [2.24, 2.45) is 0 Å². The molecule has 0 spiro atoms. The van der Waals surface area contributed by atoms with E-state index in [4.69, 9.17) is 30.1 Å². The van der Waals surface area contributed by atoms with Crippen LogP contribution in [-0.4, -0.2) is 62.3 Å². The number of carbonyl (C=O) groups is 1. The maximum absolute atomic E-state index is 15.6. The minimum atomic E-state index is -4.38. The van der Waals surface area contributed by atoms with E-state index in [9.17, 15) is 24.1 Å². The summed E-state index contributed by atoms with van der Waals surface area (Å²) >= 11 is 6.00. The van der Waals surface area contributed by atoms with Crippen molar-refractivity contribution in [1.29, 1.82) is 0 Å². The lowest BCUT2D eigenvalue weighted by Gasteiger charge is -2.28. The van der Waals surface area contributed by atoms with Crippen LogP contribution in [0.25, 0.3) is 0 Å². The van der Waals surface area contributed by atoms with Gasteiger partial charge < -0.3 is 14.6 Å². The van der Waals surface area contributed by atoms with Crippen molar-refractivity contribution in [3.8, 4) is 0 Å². The number of halogens is 2. The summed E-state index contributed by atoms with van der Waals surface area (Å²) in [5.41, 5.74) is -3.52. The van der Waals surface area contributed by atoms with Crippen LogP contribution in [0, 0.1) is 0 Å². The molecule has 1 fully saturated rings. The Hall–Kier alpha value is -1.60. The highest BCUT2D eigenvalue weighted by Crippen LogP contribution is 2.51. The highest BCUT2D eigenvalue weighted by molar-refractivity contribution is 7.51. The number of hydrogen-bond donors (Lipinski definition) is 3. The molecule has 0 amide bonds. The van der Waals surface area contributed by atoms with Crippen LogP contribution in [-0.2, 0) is 27.9 Å². The number of aliphatic hydroxyl groups is 1. The van der Waals surface area contributed by atoms with Gasteiger partial charge in [-0.3, -0.25) is 28.2 Å². The van der Waals surface area contributed by atoms with Gasteiger partial charge in [-0.2, -0.15) is 0 Å². The zero-order valence-corrected chi connectivity index (χ0v) is 22.0. The van der Waals surface area contributed by atoms with Gasteiger partial charge in [-0.25, -0.2) is 18.8 Å². The third kappa shape index (κ3) is 7.94. The first-order valence-corrected chi connectivity index (χ1v) is 12.9. The Bertz CT molecular complexity index is 1060. The van der Waals surface area contributed by atoms with E-state index in [1.807, 2.05) is 4.98 Å². The summed E-state index contributed by atoms with van der Waals surface area (Å²) in [7, 11) is -4.38.